The summed E-state index contributed by atoms with van der Waals surface area (Å²) in [5.41, 5.74) is 0.187. The first kappa shape index (κ1) is 19.4. The maximum atomic E-state index is 12.1. The second kappa shape index (κ2) is 10.9. The average molecular weight is 382 g/mol. The van der Waals surface area contributed by atoms with Crippen LogP contribution in [-0.4, -0.2) is 58.8 Å². The highest BCUT2D eigenvalue weighted by atomic mass is 32.2. The van der Waals surface area contributed by atoms with Crippen molar-refractivity contribution >= 4 is 40.6 Å². The zero-order valence-electron chi connectivity index (χ0n) is 14.9. The lowest BCUT2D eigenvalue weighted by atomic mass is 10.2. The lowest BCUT2D eigenvalue weighted by Crippen LogP contribution is -2.44. The van der Waals surface area contributed by atoms with Crippen molar-refractivity contribution in [3.63, 3.8) is 0 Å². The van der Waals surface area contributed by atoms with E-state index < -0.39 is 53.7 Å². The molecule has 140 valence electrons. The molecule has 1 atom stereocenters. The summed E-state index contributed by atoms with van der Waals surface area (Å²) < 4.78 is 7.67. The van der Waals surface area contributed by atoms with Gasteiger partial charge in [-0.05, 0) is 6.92 Å². The minimum Gasteiger partial charge on any atom is -0.480 e. The summed E-state index contributed by atoms with van der Waals surface area (Å²) in [6.07, 6.45) is 0. The van der Waals surface area contributed by atoms with Gasteiger partial charge in [0.15, 0.2) is 0 Å². The normalized spacial score (nSPS) is 11.7. The Morgan fingerprint density at radius 3 is 2.27 bits per heavy atom. The summed E-state index contributed by atoms with van der Waals surface area (Å²) in [4.78, 5) is 57.2. The van der Waals surface area contributed by atoms with Crippen LogP contribution < -0.4 is 16.0 Å². The molecule has 4 N–H and O–H groups in total. The SMILES string of the molecule is [2H]c1ccccc1C(=O)SC(C)C(=O)NCC(=O)NCC(=O)NCC(=O)O. The topological polar surface area (TPSA) is 142 Å². The average Bonchev–Trinajstić information content (AvgIpc) is 2.62. The highest BCUT2D eigenvalue weighted by Gasteiger charge is 2.19. The molecule has 0 radical (unpaired) electrons. The fraction of sp³-hybridized carbons (Fsp3) is 0.312. The zero-order valence-corrected chi connectivity index (χ0v) is 14.7. The summed E-state index contributed by atoms with van der Waals surface area (Å²) >= 11 is 0.732. The zero-order chi connectivity index (χ0) is 20.4. The molecular formula is C16H19N3O6S. The lowest BCUT2D eigenvalue weighted by molar-refractivity contribution is -0.137. The van der Waals surface area contributed by atoms with E-state index in [2.05, 4.69) is 16.0 Å². The summed E-state index contributed by atoms with van der Waals surface area (Å²) in [5.74, 6) is -3.09. The molecule has 9 nitrogen and oxygen atoms in total. The second-order valence-electron chi connectivity index (χ2n) is 4.99. The number of thioether (sulfide) groups is 1. The number of benzene rings is 1. The van der Waals surface area contributed by atoms with E-state index in [-0.39, 0.29) is 11.6 Å². The molecule has 0 spiro atoms. The number of amides is 3. The van der Waals surface area contributed by atoms with Crippen LogP contribution in [0.2, 0.25) is 0 Å². The van der Waals surface area contributed by atoms with Crippen molar-refractivity contribution in [2.75, 3.05) is 19.6 Å². The fourth-order valence-electron chi connectivity index (χ4n) is 1.59. The number of rotatable bonds is 9. The van der Waals surface area contributed by atoms with Crippen molar-refractivity contribution in [2.45, 2.75) is 12.2 Å². The van der Waals surface area contributed by atoms with Crippen LogP contribution in [0.5, 0.6) is 0 Å². The van der Waals surface area contributed by atoms with E-state index in [0.29, 0.717) is 0 Å². The Morgan fingerprint density at radius 2 is 1.65 bits per heavy atom. The number of aliphatic carboxylic acids is 1. The van der Waals surface area contributed by atoms with Gasteiger partial charge in [0.05, 0.1) is 19.7 Å². The van der Waals surface area contributed by atoms with Crippen molar-refractivity contribution in [1.82, 2.24) is 16.0 Å². The lowest BCUT2D eigenvalue weighted by Gasteiger charge is -2.11. The van der Waals surface area contributed by atoms with E-state index in [1.54, 1.807) is 12.1 Å². The van der Waals surface area contributed by atoms with Crippen LogP contribution >= 0.6 is 11.8 Å². The summed E-state index contributed by atoms with van der Waals surface area (Å²) in [5, 5.41) is 13.8. The number of hydrogen-bond donors (Lipinski definition) is 4. The molecule has 0 aromatic heterocycles. The van der Waals surface area contributed by atoms with Crippen LogP contribution in [-0.2, 0) is 19.2 Å². The van der Waals surface area contributed by atoms with Crippen LogP contribution in [0.4, 0.5) is 0 Å². The molecule has 0 saturated heterocycles. The Balaban J connectivity index is 2.35. The first-order valence-corrected chi connectivity index (χ1v) is 8.38. The van der Waals surface area contributed by atoms with Crippen molar-refractivity contribution in [3.05, 3.63) is 35.9 Å². The maximum absolute atomic E-state index is 12.1. The number of hydrogen-bond acceptors (Lipinski definition) is 6. The Kier molecular flexibility index (Phi) is 8.13. The quantitative estimate of drug-likeness (QED) is 0.446. The fourth-order valence-corrected chi connectivity index (χ4v) is 2.35. The van der Waals surface area contributed by atoms with Crippen LogP contribution in [0.15, 0.2) is 30.3 Å². The number of carbonyl (C=O) groups excluding carboxylic acids is 4. The van der Waals surface area contributed by atoms with Crippen molar-refractivity contribution in [1.29, 1.82) is 0 Å². The van der Waals surface area contributed by atoms with Gasteiger partial charge in [-0.3, -0.25) is 24.0 Å². The van der Waals surface area contributed by atoms with E-state index in [1.165, 1.54) is 19.1 Å². The monoisotopic (exact) mass is 382 g/mol. The third-order valence-corrected chi connectivity index (χ3v) is 3.89. The molecular weight excluding hydrogens is 362 g/mol. The molecule has 3 amide bonds. The largest absolute Gasteiger partial charge is 0.480 e. The highest BCUT2D eigenvalue weighted by molar-refractivity contribution is 8.15. The summed E-state index contributed by atoms with van der Waals surface area (Å²) in [6, 6.07) is 6.26. The Labute approximate surface area is 155 Å². The van der Waals surface area contributed by atoms with Crippen molar-refractivity contribution in [2.24, 2.45) is 0 Å². The Morgan fingerprint density at radius 1 is 1.04 bits per heavy atom. The van der Waals surface area contributed by atoms with Crippen molar-refractivity contribution in [3.8, 4) is 0 Å². The molecule has 1 unspecified atom stereocenters. The minimum absolute atomic E-state index is 0.0585. The van der Waals surface area contributed by atoms with Crippen molar-refractivity contribution < 1.29 is 30.4 Å². The molecule has 1 aromatic rings. The number of carboxylic acid groups (broad SMARTS) is 1. The van der Waals surface area contributed by atoms with Gasteiger partial charge in [0.1, 0.15) is 6.54 Å². The van der Waals surface area contributed by atoms with Gasteiger partial charge < -0.3 is 21.1 Å². The second-order valence-corrected chi connectivity index (χ2v) is 6.30. The van der Waals surface area contributed by atoms with Gasteiger partial charge in [0.25, 0.3) is 0 Å². The first-order chi connectivity index (χ1) is 12.7. The van der Waals surface area contributed by atoms with E-state index in [4.69, 9.17) is 6.48 Å². The summed E-state index contributed by atoms with van der Waals surface area (Å²) in [7, 11) is 0. The molecule has 0 bridgehead atoms. The maximum Gasteiger partial charge on any atom is 0.322 e. The van der Waals surface area contributed by atoms with Crippen LogP contribution in [0.25, 0.3) is 0 Å². The first-order valence-electron chi connectivity index (χ1n) is 8.00. The third kappa shape index (κ3) is 8.29. The Hall–Kier alpha value is -2.88. The predicted octanol–water partition coefficient (Wildman–Crippen LogP) is -0.618. The molecule has 0 aliphatic heterocycles. The molecule has 0 heterocycles. The Bertz CT molecular complexity index is 743. The number of carboxylic acids is 1. The standard InChI is InChI=1S/C16H19N3O6S/c1-10(26-16(25)11-5-3-2-4-6-11)15(24)19-8-13(21)17-7-12(20)18-9-14(22)23/h2-6,10H,7-9H2,1H3,(H,17,21)(H,18,20)(H,19,24)(H,22,23)/i5D. The van der Waals surface area contributed by atoms with Gasteiger partial charge in [-0.2, -0.15) is 0 Å². The van der Waals surface area contributed by atoms with E-state index in [9.17, 15) is 24.0 Å². The minimum atomic E-state index is -1.21. The van der Waals surface area contributed by atoms with Crippen LogP contribution in [0.3, 0.4) is 0 Å². The van der Waals surface area contributed by atoms with Crippen LogP contribution in [0, 0.1) is 0 Å². The molecule has 0 aliphatic rings. The van der Waals surface area contributed by atoms with Gasteiger partial charge in [-0.15, -0.1) is 0 Å². The molecule has 0 aliphatic carbocycles. The number of carbonyl (C=O) groups is 5. The number of nitrogens with one attached hydrogen (secondary N) is 3. The van der Waals surface area contributed by atoms with E-state index in [1.807, 2.05) is 0 Å². The molecule has 1 rings (SSSR count). The highest BCUT2D eigenvalue weighted by Crippen LogP contribution is 2.17. The van der Waals surface area contributed by atoms with E-state index >= 15 is 0 Å². The molecule has 0 saturated carbocycles. The smallest absolute Gasteiger partial charge is 0.322 e. The van der Waals surface area contributed by atoms with E-state index in [0.717, 1.165) is 11.8 Å². The van der Waals surface area contributed by atoms with Gasteiger partial charge >= 0.3 is 5.97 Å². The molecule has 10 heteroatoms. The van der Waals surface area contributed by atoms with Gasteiger partial charge in [-0.25, -0.2) is 0 Å². The van der Waals surface area contributed by atoms with Crippen LogP contribution in [0.1, 0.15) is 18.7 Å². The third-order valence-electron chi connectivity index (χ3n) is 2.89. The molecule has 26 heavy (non-hydrogen) atoms. The van der Waals surface area contributed by atoms with Gasteiger partial charge in [-0.1, -0.05) is 42.1 Å². The van der Waals surface area contributed by atoms with Gasteiger partial charge in [0, 0.05) is 5.56 Å². The predicted molar refractivity (Wildman–Crippen MR) is 94.5 cm³/mol. The molecule has 0 fully saturated rings. The summed E-state index contributed by atoms with van der Waals surface area (Å²) in [6.45, 7) is 0.0988. The molecule has 1 aromatic carbocycles. The van der Waals surface area contributed by atoms with Gasteiger partial charge in [0.2, 0.25) is 22.8 Å².